The molecule has 1 N–H and O–H groups in total. The van der Waals surface area contributed by atoms with Crippen molar-refractivity contribution in [2.75, 3.05) is 12.3 Å². The fourth-order valence-electron chi connectivity index (χ4n) is 6.53. The summed E-state index contributed by atoms with van der Waals surface area (Å²) in [5.74, 6) is 2.15. The van der Waals surface area contributed by atoms with Crippen molar-refractivity contribution in [3.05, 3.63) is 0 Å². The third kappa shape index (κ3) is 2.54. The molecule has 4 aliphatic carbocycles. The Kier molecular flexibility index (Phi) is 2.89. The first-order chi connectivity index (χ1) is 9.69. The van der Waals surface area contributed by atoms with Gasteiger partial charge in [-0.3, -0.25) is 4.99 Å². The molecule has 2 unspecified atom stereocenters. The van der Waals surface area contributed by atoms with Crippen molar-refractivity contribution in [2.45, 2.75) is 71.8 Å². The summed E-state index contributed by atoms with van der Waals surface area (Å²) in [5.41, 5.74) is 1.90. The van der Waals surface area contributed by atoms with Gasteiger partial charge in [0.05, 0.1) is 0 Å². The Labute approximate surface area is 133 Å². The van der Waals surface area contributed by atoms with E-state index in [9.17, 15) is 0 Å². The quantitative estimate of drug-likeness (QED) is 0.774. The molecule has 0 spiro atoms. The van der Waals surface area contributed by atoms with Crippen molar-refractivity contribution in [3.8, 4) is 0 Å². The first-order valence-electron chi connectivity index (χ1n) is 8.65. The van der Waals surface area contributed by atoms with Gasteiger partial charge in [0.2, 0.25) is 0 Å². The summed E-state index contributed by atoms with van der Waals surface area (Å²) in [6, 6.07) is 0. The van der Waals surface area contributed by atoms with Gasteiger partial charge in [-0.05, 0) is 60.7 Å². The number of hydrogen-bond acceptors (Lipinski definition) is 3. The molecule has 5 aliphatic rings. The van der Waals surface area contributed by atoms with Gasteiger partial charge in [0.1, 0.15) is 0 Å². The van der Waals surface area contributed by atoms with Gasteiger partial charge in [0, 0.05) is 17.8 Å². The Bertz CT molecular complexity index is 477. The lowest BCUT2D eigenvalue weighted by Gasteiger charge is -2.65. The summed E-state index contributed by atoms with van der Waals surface area (Å²) in [5, 5.41) is 5.20. The second-order valence-corrected chi connectivity index (χ2v) is 11.1. The van der Waals surface area contributed by atoms with E-state index >= 15 is 0 Å². The van der Waals surface area contributed by atoms with E-state index in [1.165, 1.54) is 49.4 Å². The molecule has 21 heavy (non-hydrogen) atoms. The highest BCUT2D eigenvalue weighted by Crippen LogP contribution is 2.66. The van der Waals surface area contributed by atoms with Crippen LogP contribution in [0.3, 0.4) is 0 Å². The monoisotopic (exact) mass is 306 g/mol. The van der Waals surface area contributed by atoms with Crippen LogP contribution in [-0.2, 0) is 0 Å². The summed E-state index contributed by atoms with van der Waals surface area (Å²) < 4.78 is 0. The molecule has 0 saturated heterocycles. The van der Waals surface area contributed by atoms with Gasteiger partial charge in [-0.1, -0.05) is 39.5 Å². The summed E-state index contributed by atoms with van der Waals surface area (Å²) in [7, 11) is 0. The SMILES string of the molecule is CC1(C)CN=C(NC23CC4CC(C)(CC(C)(C4)C2)C3)SC1. The van der Waals surface area contributed by atoms with E-state index in [0.29, 0.717) is 21.8 Å². The van der Waals surface area contributed by atoms with Crippen LogP contribution in [0.15, 0.2) is 4.99 Å². The van der Waals surface area contributed by atoms with E-state index in [4.69, 9.17) is 4.99 Å². The van der Waals surface area contributed by atoms with Gasteiger partial charge in [0.15, 0.2) is 5.17 Å². The Morgan fingerprint density at radius 3 is 2.19 bits per heavy atom. The van der Waals surface area contributed by atoms with E-state index in [1.54, 1.807) is 0 Å². The second kappa shape index (κ2) is 4.21. The topological polar surface area (TPSA) is 24.4 Å². The van der Waals surface area contributed by atoms with Crippen molar-refractivity contribution >= 4 is 16.9 Å². The van der Waals surface area contributed by atoms with E-state index in [-0.39, 0.29) is 0 Å². The number of nitrogens with zero attached hydrogens (tertiary/aromatic N) is 1. The molecule has 0 amide bonds. The predicted molar refractivity (Wildman–Crippen MR) is 91.8 cm³/mol. The molecule has 4 fully saturated rings. The molecule has 1 heterocycles. The van der Waals surface area contributed by atoms with E-state index < -0.39 is 0 Å². The molecule has 0 radical (unpaired) electrons. The minimum atomic E-state index is 0.357. The van der Waals surface area contributed by atoms with Crippen LogP contribution >= 0.6 is 11.8 Å². The lowest BCUT2D eigenvalue weighted by atomic mass is 9.43. The van der Waals surface area contributed by atoms with Gasteiger partial charge in [0.25, 0.3) is 0 Å². The molecule has 2 nitrogen and oxygen atoms in total. The summed E-state index contributed by atoms with van der Waals surface area (Å²) in [4.78, 5) is 4.87. The van der Waals surface area contributed by atoms with Gasteiger partial charge in [-0.2, -0.15) is 0 Å². The number of rotatable bonds is 1. The fourth-order valence-corrected chi connectivity index (χ4v) is 7.59. The molecule has 1 aliphatic heterocycles. The molecule has 0 aromatic rings. The Morgan fingerprint density at radius 1 is 1.00 bits per heavy atom. The first kappa shape index (κ1) is 14.4. The average Bonchev–Trinajstić information content (AvgIpc) is 2.27. The first-order valence-corrected chi connectivity index (χ1v) is 9.63. The Morgan fingerprint density at radius 2 is 1.67 bits per heavy atom. The van der Waals surface area contributed by atoms with Crippen molar-refractivity contribution in [1.82, 2.24) is 5.32 Å². The second-order valence-electron chi connectivity index (χ2n) is 10.1. The zero-order valence-electron chi connectivity index (χ0n) is 14.1. The zero-order valence-corrected chi connectivity index (χ0v) is 14.9. The molecule has 4 bridgehead atoms. The maximum Gasteiger partial charge on any atom is 0.157 e. The number of nitrogens with one attached hydrogen (secondary N) is 1. The van der Waals surface area contributed by atoms with Gasteiger partial charge < -0.3 is 5.32 Å². The van der Waals surface area contributed by atoms with Gasteiger partial charge >= 0.3 is 0 Å². The van der Waals surface area contributed by atoms with Crippen LogP contribution in [0.1, 0.15) is 66.2 Å². The van der Waals surface area contributed by atoms with Crippen molar-refractivity contribution in [2.24, 2.45) is 27.2 Å². The highest BCUT2D eigenvalue weighted by atomic mass is 32.2. The van der Waals surface area contributed by atoms with Crippen LogP contribution in [0.4, 0.5) is 0 Å². The maximum atomic E-state index is 4.87. The highest BCUT2D eigenvalue weighted by Gasteiger charge is 2.60. The Balaban J connectivity index is 1.56. The van der Waals surface area contributed by atoms with Gasteiger partial charge in [-0.15, -0.1) is 0 Å². The largest absolute Gasteiger partial charge is 0.359 e. The average molecular weight is 307 g/mol. The van der Waals surface area contributed by atoms with Crippen molar-refractivity contribution in [1.29, 1.82) is 0 Å². The Hall–Kier alpha value is -0.180. The van der Waals surface area contributed by atoms with Gasteiger partial charge in [-0.25, -0.2) is 0 Å². The molecule has 118 valence electrons. The molecular weight excluding hydrogens is 276 g/mol. The van der Waals surface area contributed by atoms with Crippen molar-refractivity contribution < 1.29 is 0 Å². The molecule has 5 rings (SSSR count). The zero-order chi connectivity index (χ0) is 14.9. The smallest absolute Gasteiger partial charge is 0.157 e. The third-order valence-electron chi connectivity index (χ3n) is 6.25. The van der Waals surface area contributed by atoms with Crippen LogP contribution in [-0.4, -0.2) is 23.0 Å². The molecule has 3 heteroatoms. The maximum absolute atomic E-state index is 4.87. The number of aliphatic imine (C=N–C) groups is 1. The molecular formula is C18H30N2S. The van der Waals surface area contributed by atoms with Crippen LogP contribution < -0.4 is 5.32 Å². The number of thioether (sulfide) groups is 1. The van der Waals surface area contributed by atoms with E-state index in [0.717, 1.165) is 12.5 Å². The normalized spacial score (nSPS) is 50.9. The minimum absolute atomic E-state index is 0.357. The standard InChI is InChI=1S/C18H30N2S/c1-15(2)11-19-14(21-12-15)20-18-7-13-5-16(3,9-18)8-17(4,6-13)10-18/h13H,5-12H2,1-4H3,(H,19,20). The fraction of sp³-hybridized carbons (Fsp3) is 0.944. The van der Waals surface area contributed by atoms with E-state index in [2.05, 4.69) is 33.0 Å². The van der Waals surface area contributed by atoms with E-state index in [1.807, 2.05) is 11.8 Å². The highest BCUT2D eigenvalue weighted by molar-refractivity contribution is 8.13. The molecule has 0 aromatic carbocycles. The lowest BCUT2D eigenvalue weighted by Crippen LogP contribution is -2.65. The molecule has 2 atom stereocenters. The molecule has 0 aromatic heterocycles. The predicted octanol–water partition coefficient (Wildman–Crippen LogP) is 4.45. The summed E-state index contributed by atoms with van der Waals surface area (Å²) in [6.45, 7) is 10.7. The number of hydrogen-bond donors (Lipinski definition) is 1. The lowest BCUT2D eigenvalue weighted by molar-refractivity contribution is -0.111. The third-order valence-corrected chi connectivity index (χ3v) is 7.68. The van der Waals surface area contributed by atoms with Crippen molar-refractivity contribution in [3.63, 3.8) is 0 Å². The minimum Gasteiger partial charge on any atom is -0.359 e. The van der Waals surface area contributed by atoms with Crippen LogP contribution in [0.2, 0.25) is 0 Å². The summed E-state index contributed by atoms with van der Waals surface area (Å²) >= 11 is 1.96. The molecule has 4 saturated carbocycles. The summed E-state index contributed by atoms with van der Waals surface area (Å²) in [6.07, 6.45) is 8.52. The van der Waals surface area contributed by atoms with Crippen LogP contribution in [0.5, 0.6) is 0 Å². The van der Waals surface area contributed by atoms with Crippen LogP contribution in [0, 0.1) is 22.2 Å². The van der Waals surface area contributed by atoms with Crippen LogP contribution in [0.25, 0.3) is 0 Å². The number of amidine groups is 1.